The average molecular weight is 268 g/mol. The second-order valence-corrected chi connectivity index (χ2v) is 4.48. The fraction of sp³-hybridized carbons (Fsp3) is 0.500. The summed E-state index contributed by atoms with van der Waals surface area (Å²) in [7, 11) is 0. The number of halogens is 1. The molecular formula is C12H14ClN3O2. The average Bonchev–Trinajstić information content (AvgIpc) is 3.21. The number of carbonyl (C=O) groups excluding carboxylic acids is 1. The zero-order chi connectivity index (χ0) is 13.0. The van der Waals surface area contributed by atoms with Crippen LogP contribution < -0.4 is 0 Å². The van der Waals surface area contributed by atoms with Crippen LogP contribution in [0.1, 0.15) is 31.4 Å². The first-order chi connectivity index (χ1) is 8.70. The van der Waals surface area contributed by atoms with Crippen molar-refractivity contribution in [2.45, 2.75) is 31.1 Å². The van der Waals surface area contributed by atoms with Gasteiger partial charge in [-0.15, -0.1) is 11.6 Å². The van der Waals surface area contributed by atoms with E-state index in [-0.39, 0.29) is 0 Å². The summed E-state index contributed by atoms with van der Waals surface area (Å²) < 4.78 is 4.77. The molecule has 2 rings (SSSR count). The summed E-state index contributed by atoms with van der Waals surface area (Å²) >= 11 is 5.80. The number of hydrogen-bond acceptors (Lipinski definition) is 5. The number of nitrogens with zero attached hydrogens (tertiary/aromatic N) is 3. The predicted octanol–water partition coefficient (Wildman–Crippen LogP) is 2.23. The van der Waals surface area contributed by atoms with Crippen LogP contribution in [0.15, 0.2) is 17.4 Å². The standard InChI is InChI=1S/C12H14ClN3O2/c1-2-18-12(17)9(13)5-15-11-7-14-6-10(16-11)8-3-4-8/h5-9H,2-4H2,1H3. The molecule has 1 aliphatic rings. The van der Waals surface area contributed by atoms with Crippen LogP contribution in [0, 0.1) is 0 Å². The molecule has 1 atom stereocenters. The molecule has 96 valence electrons. The summed E-state index contributed by atoms with van der Waals surface area (Å²) in [6.45, 7) is 2.02. The quantitative estimate of drug-likeness (QED) is 0.466. The van der Waals surface area contributed by atoms with Gasteiger partial charge < -0.3 is 4.74 Å². The molecule has 0 bridgehead atoms. The maximum atomic E-state index is 11.3. The normalized spacial score (nSPS) is 16.8. The van der Waals surface area contributed by atoms with Crippen molar-refractivity contribution in [2.75, 3.05) is 6.61 Å². The first-order valence-electron chi connectivity index (χ1n) is 5.87. The van der Waals surface area contributed by atoms with Gasteiger partial charge in [-0.2, -0.15) is 0 Å². The van der Waals surface area contributed by atoms with Crippen LogP contribution in [0.2, 0.25) is 0 Å². The second-order valence-electron chi connectivity index (χ2n) is 4.01. The fourth-order valence-electron chi connectivity index (χ4n) is 1.43. The van der Waals surface area contributed by atoms with Crippen LogP contribution >= 0.6 is 11.6 Å². The minimum atomic E-state index is -0.892. The van der Waals surface area contributed by atoms with Gasteiger partial charge in [0.15, 0.2) is 11.2 Å². The zero-order valence-corrected chi connectivity index (χ0v) is 10.8. The largest absolute Gasteiger partial charge is 0.465 e. The molecule has 1 aliphatic carbocycles. The molecule has 1 aromatic rings. The lowest BCUT2D eigenvalue weighted by molar-refractivity contribution is -0.141. The van der Waals surface area contributed by atoms with E-state index < -0.39 is 11.3 Å². The second kappa shape index (κ2) is 5.91. The van der Waals surface area contributed by atoms with Crippen LogP contribution in [-0.4, -0.2) is 34.1 Å². The summed E-state index contributed by atoms with van der Waals surface area (Å²) in [6, 6.07) is 0. The van der Waals surface area contributed by atoms with Gasteiger partial charge in [0.2, 0.25) is 0 Å². The summed E-state index contributed by atoms with van der Waals surface area (Å²) in [5, 5.41) is -0.892. The Morgan fingerprint density at radius 3 is 3.11 bits per heavy atom. The third kappa shape index (κ3) is 3.50. The molecule has 6 heteroatoms. The Morgan fingerprint density at radius 1 is 1.67 bits per heavy atom. The van der Waals surface area contributed by atoms with Gasteiger partial charge in [0, 0.05) is 18.3 Å². The first kappa shape index (κ1) is 13.0. The van der Waals surface area contributed by atoms with E-state index in [2.05, 4.69) is 15.0 Å². The van der Waals surface area contributed by atoms with Crippen molar-refractivity contribution in [3.8, 4) is 0 Å². The molecule has 1 heterocycles. The van der Waals surface area contributed by atoms with Crippen molar-refractivity contribution in [3.05, 3.63) is 18.1 Å². The van der Waals surface area contributed by atoms with E-state index in [1.54, 1.807) is 13.1 Å². The summed E-state index contributed by atoms with van der Waals surface area (Å²) in [4.78, 5) is 23.7. The highest BCUT2D eigenvalue weighted by molar-refractivity contribution is 6.38. The summed E-state index contributed by atoms with van der Waals surface area (Å²) in [5.41, 5.74) is 0.951. The fourth-order valence-corrected chi connectivity index (χ4v) is 1.55. The zero-order valence-electron chi connectivity index (χ0n) is 10.0. The van der Waals surface area contributed by atoms with E-state index in [0.29, 0.717) is 18.3 Å². The molecule has 0 spiro atoms. The Kier molecular flexibility index (Phi) is 4.25. The van der Waals surface area contributed by atoms with Crippen LogP contribution in [0.3, 0.4) is 0 Å². The molecule has 1 fully saturated rings. The highest BCUT2D eigenvalue weighted by atomic mass is 35.5. The monoisotopic (exact) mass is 267 g/mol. The smallest absolute Gasteiger partial charge is 0.329 e. The molecule has 5 nitrogen and oxygen atoms in total. The van der Waals surface area contributed by atoms with Gasteiger partial charge in [0.1, 0.15) is 0 Å². The molecule has 0 saturated heterocycles. The molecule has 0 amide bonds. The molecule has 1 saturated carbocycles. The molecule has 0 N–H and O–H groups in total. The van der Waals surface area contributed by atoms with Crippen molar-refractivity contribution < 1.29 is 9.53 Å². The number of ether oxygens (including phenoxy) is 1. The minimum absolute atomic E-state index is 0.298. The number of rotatable bonds is 5. The highest BCUT2D eigenvalue weighted by Gasteiger charge is 2.25. The van der Waals surface area contributed by atoms with Crippen molar-refractivity contribution in [2.24, 2.45) is 4.99 Å². The van der Waals surface area contributed by atoms with E-state index in [4.69, 9.17) is 16.3 Å². The molecule has 1 aromatic heterocycles. The predicted molar refractivity (Wildman–Crippen MR) is 68.4 cm³/mol. The van der Waals surface area contributed by atoms with Gasteiger partial charge in [-0.25, -0.2) is 9.98 Å². The van der Waals surface area contributed by atoms with Crippen LogP contribution in [-0.2, 0) is 9.53 Å². The minimum Gasteiger partial charge on any atom is -0.465 e. The van der Waals surface area contributed by atoms with Gasteiger partial charge in [-0.1, -0.05) is 0 Å². The first-order valence-corrected chi connectivity index (χ1v) is 6.31. The van der Waals surface area contributed by atoms with Gasteiger partial charge >= 0.3 is 5.97 Å². The molecule has 0 aliphatic heterocycles. The van der Waals surface area contributed by atoms with Crippen LogP contribution in [0.5, 0.6) is 0 Å². The van der Waals surface area contributed by atoms with E-state index in [9.17, 15) is 4.79 Å². The van der Waals surface area contributed by atoms with Gasteiger partial charge in [-0.3, -0.25) is 9.78 Å². The van der Waals surface area contributed by atoms with Crippen LogP contribution in [0.4, 0.5) is 5.82 Å². The summed E-state index contributed by atoms with van der Waals surface area (Å²) in [5.74, 6) is 0.480. The number of aliphatic imine (C=N–C) groups is 1. The maximum absolute atomic E-state index is 11.3. The van der Waals surface area contributed by atoms with Gasteiger partial charge in [0.25, 0.3) is 0 Å². The number of carbonyl (C=O) groups is 1. The van der Waals surface area contributed by atoms with Crippen molar-refractivity contribution in [1.29, 1.82) is 0 Å². The molecule has 18 heavy (non-hydrogen) atoms. The lowest BCUT2D eigenvalue weighted by Crippen LogP contribution is -2.18. The van der Waals surface area contributed by atoms with E-state index in [0.717, 1.165) is 18.5 Å². The number of hydrogen-bond donors (Lipinski definition) is 0. The number of alkyl halides is 1. The third-order valence-corrected chi connectivity index (χ3v) is 2.78. The molecule has 1 unspecified atom stereocenters. The number of aromatic nitrogens is 2. The molecule has 0 radical (unpaired) electrons. The Bertz CT molecular complexity index is 460. The Balaban J connectivity index is 1.99. The maximum Gasteiger partial charge on any atom is 0.329 e. The van der Waals surface area contributed by atoms with Crippen molar-refractivity contribution in [3.63, 3.8) is 0 Å². The molecule has 0 aromatic carbocycles. The molecular weight excluding hydrogens is 254 g/mol. The van der Waals surface area contributed by atoms with E-state index in [1.165, 1.54) is 12.4 Å². The van der Waals surface area contributed by atoms with Crippen LogP contribution in [0.25, 0.3) is 0 Å². The Labute approximate surface area is 110 Å². The highest BCUT2D eigenvalue weighted by Crippen LogP contribution is 2.38. The van der Waals surface area contributed by atoms with Gasteiger partial charge in [-0.05, 0) is 19.8 Å². The topological polar surface area (TPSA) is 64.4 Å². The van der Waals surface area contributed by atoms with E-state index in [1.807, 2.05) is 0 Å². The van der Waals surface area contributed by atoms with Crippen molar-refractivity contribution >= 4 is 29.6 Å². The lowest BCUT2D eigenvalue weighted by Gasteiger charge is -2.03. The number of esters is 1. The Hall–Kier alpha value is -1.49. The summed E-state index contributed by atoms with van der Waals surface area (Å²) in [6.07, 6.45) is 6.92. The third-order valence-electron chi connectivity index (χ3n) is 2.49. The van der Waals surface area contributed by atoms with E-state index >= 15 is 0 Å². The SMILES string of the molecule is CCOC(=O)C(Cl)C=Nc1cncc(C2CC2)n1. The van der Waals surface area contributed by atoms with Crippen molar-refractivity contribution in [1.82, 2.24) is 9.97 Å². The Morgan fingerprint density at radius 2 is 2.44 bits per heavy atom. The lowest BCUT2D eigenvalue weighted by atomic mass is 10.3. The van der Waals surface area contributed by atoms with Gasteiger partial charge in [0.05, 0.1) is 18.5 Å².